The minimum absolute atomic E-state index is 0.00180. The van der Waals surface area contributed by atoms with Crippen LogP contribution < -0.4 is 5.32 Å². The predicted molar refractivity (Wildman–Crippen MR) is 87.4 cm³/mol. The van der Waals surface area contributed by atoms with E-state index >= 15 is 0 Å². The maximum Gasteiger partial charge on any atom is 0.275 e. The minimum atomic E-state index is -0.661. The number of carbonyl (C=O) groups is 1. The van der Waals surface area contributed by atoms with Gasteiger partial charge in [-0.05, 0) is 18.6 Å². The number of rotatable bonds is 6. The Labute approximate surface area is 135 Å². The van der Waals surface area contributed by atoms with Crippen LogP contribution in [0, 0.1) is 15.5 Å². The maximum absolute atomic E-state index is 12.3. The number of nitrogens with one attached hydrogen (secondary N) is 1. The molecule has 2 rings (SSSR count). The summed E-state index contributed by atoms with van der Waals surface area (Å²) in [6.45, 7) is 4.76. The van der Waals surface area contributed by atoms with Crippen molar-refractivity contribution in [1.82, 2.24) is 4.90 Å². The van der Waals surface area contributed by atoms with Crippen LogP contribution in [0.25, 0.3) is 0 Å². The van der Waals surface area contributed by atoms with Crippen molar-refractivity contribution >= 4 is 17.3 Å². The fraction of sp³-hybridized carbons (Fsp3) is 0.562. The molecule has 1 unspecified atom stereocenters. The Morgan fingerprint density at radius 2 is 2.17 bits per heavy atom. The third-order valence-corrected chi connectivity index (χ3v) is 4.49. The number of hydrogen-bond acceptors (Lipinski definition) is 5. The van der Waals surface area contributed by atoms with Crippen molar-refractivity contribution in [3.05, 3.63) is 33.9 Å². The summed E-state index contributed by atoms with van der Waals surface area (Å²) < 4.78 is 0. The second-order valence-electron chi connectivity index (χ2n) is 6.49. The van der Waals surface area contributed by atoms with E-state index in [-0.39, 0.29) is 24.1 Å². The molecule has 1 aromatic carbocycles. The van der Waals surface area contributed by atoms with Crippen LogP contribution in [-0.4, -0.2) is 47.6 Å². The van der Waals surface area contributed by atoms with Gasteiger partial charge >= 0.3 is 0 Å². The van der Waals surface area contributed by atoms with E-state index in [2.05, 4.69) is 5.32 Å². The number of aliphatic hydroxyl groups excluding tert-OH is 1. The van der Waals surface area contributed by atoms with Gasteiger partial charge in [0.25, 0.3) is 5.69 Å². The maximum atomic E-state index is 12.3. The van der Waals surface area contributed by atoms with Crippen LogP contribution in [-0.2, 0) is 4.79 Å². The third-order valence-electron chi connectivity index (χ3n) is 4.49. The van der Waals surface area contributed by atoms with Gasteiger partial charge in [-0.25, -0.2) is 0 Å². The zero-order chi connectivity index (χ0) is 17.2. The van der Waals surface area contributed by atoms with Gasteiger partial charge in [-0.15, -0.1) is 0 Å². The number of benzene rings is 1. The molecule has 0 saturated carbocycles. The summed E-state index contributed by atoms with van der Waals surface area (Å²) in [5.74, 6) is -0.214. The van der Waals surface area contributed by atoms with Crippen molar-refractivity contribution in [3.63, 3.8) is 0 Å². The van der Waals surface area contributed by atoms with Gasteiger partial charge in [0.1, 0.15) is 0 Å². The molecule has 7 heteroatoms. The van der Waals surface area contributed by atoms with Crippen LogP contribution in [0.15, 0.2) is 18.2 Å². The van der Waals surface area contributed by atoms with Crippen LogP contribution in [0.2, 0.25) is 0 Å². The number of anilines is 1. The van der Waals surface area contributed by atoms with Crippen LogP contribution in [0.1, 0.15) is 31.7 Å². The molecule has 1 saturated heterocycles. The van der Waals surface area contributed by atoms with Gasteiger partial charge < -0.3 is 15.3 Å². The number of likely N-dealkylation sites (tertiary alicyclic amines) is 1. The Bertz CT molecular complexity index is 615. The molecule has 0 aliphatic carbocycles. The lowest BCUT2D eigenvalue weighted by atomic mass is 9.76. The highest BCUT2D eigenvalue weighted by Crippen LogP contribution is 2.45. The normalized spacial score (nSPS) is 19.9. The van der Waals surface area contributed by atoms with Crippen molar-refractivity contribution < 1.29 is 14.8 Å². The lowest BCUT2D eigenvalue weighted by Gasteiger charge is -2.23. The average molecular weight is 321 g/mol. The average Bonchev–Trinajstić information content (AvgIpc) is 2.70. The lowest BCUT2D eigenvalue weighted by Crippen LogP contribution is -2.29. The Balaban J connectivity index is 2.35. The molecule has 2 N–H and O–H groups in total. The highest BCUT2D eigenvalue weighted by Gasteiger charge is 2.48. The lowest BCUT2D eigenvalue weighted by molar-refractivity contribution is -0.385. The van der Waals surface area contributed by atoms with E-state index in [1.54, 1.807) is 24.1 Å². The monoisotopic (exact) mass is 321 g/mol. The first-order valence-electron chi connectivity index (χ1n) is 7.67. The van der Waals surface area contributed by atoms with E-state index in [0.717, 1.165) is 0 Å². The topological polar surface area (TPSA) is 95.7 Å². The van der Waals surface area contributed by atoms with Crippen molar-refractivity contribution in [3.8, 4) is 0 Å². The number of nitro benzene ring substituents is 1. The van der Waals surface area contributed by atoms with Crippen LogP contribution in [0.4, 0.5) is 11.4 Å². The van der Waals surface area contributed by atoms with E-state index in [1.807, 2.05) is 13.8 Å². The predicted octanol–water partition coefficient (Wildman–Crippen LogP) is 1.97. The third kappa shape index (κ3) is 3.29. The largest absolute Gasteiger partial charge is 0.396 e. The van der Waals surface area contributed by atoms with Crippen LogP contribution in [0.5, 0.6) is 0 Å². The first kappa shape index (κ1) is 17.2. The number of likely N-dealkylation sites (N-methyl/N-ethyl adjacent to an activating group) is 1. The van der Waals surface area contributed by atoms with Crippen LogP contribution >= 0.6 is 0 Å². The molecular weight excluding hydrogens is 298 g/mol. The van der Waals surface area contributed by atoms with Gasteiger partial charge in [-0.1, -0.05) is 13.8 Å². The standard InChI is InChI=1S/C16H23N3O4/c1-16(2)13(10-18(3)15(16)21)12-6-5-11(17-7-4-8-20)9-14(12)19(22)23/h5-6,9,13,17,20H,4,7-8,10H2,1-3H3. The van der Waals surface area contributed by atoms with Crippen molar-refractivity contribution in [2.45, 2.75) is 26.2 Å². The van der Waals surface area contributed by atoms with Gasteiger partial charge in [0.2, 0.25) is 5.91 Å². The summed E-state index contributed by atoms with van der Waals surface area (Å²) in [7, 11) is 1.72. The Hall–Kier alpha value is -2.15. The summed E-state index contributed by atoms with van der Waals surface area (Å²) in [5, 5.41) is 23.3. The Kier molecular flexibility index (Phi) is 4.89. The van der Waals surface area contributed by atoms with Gasteiger partial charge in [0.05, 0.1) is 10.3 Å². The number of carbonyl (C=O) groups excluding carboxylic acids is 1. The zero-order valence-corrected chi connectivity index (χ0v) is 13.7. The second kappa shape index (κ2) is 6.54. The molecule has 0 aromatic heterocycles. The first-order chi connectivity index (χ1) is 10.8. The molecule has 1 aromatic rings. The van der Waals surface area contributed by atoms with E-state index < -0.39 is 10.3 Å². The van der Waals surface area contributed by atoms with Crippen molar-refractivity contribution in [2.75, 3.05) is 32.1 Å². The van der Waals surface area contributed by atoms with E-state index in [1.165, 1.54) is 6.07 Å². The van der Waals surface area contributed by atoms with Crippen LogP contribution in [0.3, 0.4) is 0 Å². The van der Waals surface area contributed by atoms with Gasteiger partial charge in [0.15, 0.2) is 0 Å². The fourth-order valence-corrected chi connectivity index (χ4v) is 3.13. The molecule has 1 aliphatic heterocycles. The highest BCUT2D eigenvalue weighted by atomic mass is 16.6. The van der Waals surface area contributed by atoms with E-state index in [4.69, 9.17) is 5.11 Å². The molecule has 7 nitrogen and oxygen atoms in total. The Morgan fingerprint density at radius 1 is 1.48 bits per heavy atom. The summed E-state index contributed by atoms with van der Waals surface area (Å²) in [5.41, 5.74) is 0.598. The first-order valence-corrected chi connectivity index (χ1v) is 7.67. The molecule has 126 valence electrons. The molecule has 23 heavy (non-hydrogen) atoms. The number of aliphatic hydroxyl groups is 1. The quantitative estimate of drug-likeness (QED) is 0.474. The van der Waals surface area contributed by atoms with Gasteiger partial charge in [0, 0.05) is 50.0 Å². The molecule has 1 fully saturated rings. The number of nitro groups is 1. The molecule has 0 spiro atoms. The molecule has 0 radical (unpaired) electrons. The molecular formula is C16H23N3O4. The molecule has 1 heterocycles. The van der Waals surface area contributed by atoms with Gasteiger partial charge in [-0.3, -0.25) is 14.9 Å². The molecule has 1 aliphatic rings. The van der Waals surface area contributed by atoms with E-state index in [9.17, 15) is 14.9 Å². The highest BCUT2D eigenvalue weighted by molar-refractivity contribution is 5.86. The van der Waals surface area contributed by atoms with Gasteiger partial charge in [-0.2, -0.15) is 0 Å². The smallest absolute Gasteiger partial charge is 0.275 e. The SMILES string of the molecule is CN1CC(c2ccc(NCCCO)cc2[N+](=O)[O-])C(C)(C)C1=O. The summed E-state index contributed by atoms with van der Waals surface area (Å²) in [6.07, 6.45) is 0.574. The molecule has 1 atom stereocenters. The zero-order valence-electron chi connectivity index (χ0n) is 13.7. The molecule has 1 amide bonds. The summed E-state index contributed by atoms with van der Waals surface area (Å²) in [6, 6.07) is 5.03. The van der Waals surface area contributed by atoms with E-state index in [0.29, 0.717) is 30.8 Å². The summed E-state index contributed by atoms with van der Waals surface area (Å²) >= 11 is 0. The fourth-order valence-electron chi connectivity index (χ4n) is 3.13. The second-order valence-corrected chi connectivity index (χ2v) is 6.49. The van der Waals surface area contributed by atoms with Crippen molar-refractivity contribution in [2.24, 2.45) is 5.41 Å². The number of amides is 1. The van der Waals surface area contributed by atoms with Crippen molar-refractivity contribution in [1.29, 1.82) is 0 Å². The Morgan fingerprint density at radius 3 is 2.70 bits per heavy atom. The summed E-state index contributed by atoms with van der Waals surface area (Å²) in [4.78, 5) is 25.0. The number of nitrogens with zero attached hydrogens (tertiary/aromatic N) is 2. The number of hydrogen-bond donors (Lipinski definition) is 2. The minimum Gasteiger partial charge on any atom is -0.396 e. The molecule has 0 bridgehead atoms.